The zero-order valence-corrected chi connectivity index (χ0v) is 14.5. The molecule has 1 aliphatic heterocycles. The molecule has 1 heterocycles. The van der Waals surface area contributed by atoms with Crippen LogP contribution < -0.4 is 0 Å². The number of halogens is 3. The second-order valence-corrected chi connectivity index (χ2v) is 7.37. The smallest absolute Gasteiger partial charge is 0.255 e. The van der Waals surface area contributed by atoms with Gasteiger partial charge < -0.3 is 4.90 Å². The third-order valence-corrected chi connectivity index (χ3v) is 5.49. The summed E-state index contributed by atoms with van der Waals surface area (Å²) in [7, 11) is 0. The van der Waals surface area contributed by atoms with Crippen molar-refractivity contribution >= 4 is 52.5 Å². The van der Waals surface area contributed by atoms with Crippen LogP contribution in [0.5, 0.6) is 0 Å². The molecule has 2 aromatic carbocycles. The molecule has 0 aliphatic carbocycles. The SMILES string of the molecule is O=C(c1cccc(Cl)c1)N1CCS[C@@H]1c1ccc(Cl)cc1Cl. The molecule has 1 atom stereocenters. The highest BCUT2D eigenvalue weighted by atomic mass is 35.5. The Morgan fingerprint density at radius 1 is 1.09 bits per heavy atom. The predicted octanol–water partition coefficient (Wildman–Crippen LogP) is 5.53. The number of carbonyl (C=O) groups excluding carboxylic acids is 1. The van der Waals surface area contributed by atoms with Gasteiger partial charge >= 0.3 is 0 Å². The lowest BCUT2D eigenvalue weighted by atomic mass is 10.1. The van der Waals surface area contributed by atoms with Crippen LogP contribution in [-0.2, 0) is 0 Å². The summed E-state index contributed by atoms with van der Waals surface area (Å²) >= 11 is 19.9. The van der Waals surface area contributed by atoms with Crippen LogP contribution in [0.15, 0.2) is 42.5 Å². The molecule has 3 rings (SSSR count). The van der Waals surface area contributed by atoms with Crippen LogP contribution in [0.4, 0.5) is 0 Å². The minimum Gasteiger partial charge on any atom is -0.322 e. The Labute approximate surface area is 148 Å². The van der Waals surface area contributed by atoms with Crippen LogP contribution in [0.3, 0.4) is 0 Å². The Hall–Kier alpha value is -0.870. The van der Waals surface area contributed by atoms with Crippen molar-refractivity contribution in [2.24, 2.45) is 0 Å². The molecule has 114 valence electrons. The van der Waals surface area contributed by atoms with Crippen LogP contribution >= 0.6 is 46.6 Å². The van der Waals surface area contributed by atoms with E-state index in [4.69, 9.17) is 34.8 Å². The van der Waals surface area contributed by atoms with E-state index >= 15 is 0 Å². The van der Waals surface area contributed by atoms with Crippen LogP contribution in [-0.4, -0.2) is 23.1 Å². The summed E-state index contributed by atoms with van der Waals surface area (Å²) in [5.74, 6) is 0.833. The van der Waals surface area contributed by atoms with Crippen molar-refractivity contribution in [1.82, 2.24) is 4.90 Å². The summed E-state index contributed by atoms with van der Waals surface area (Å²) in [6.07, 6.45) is 0. The van der Waals surface area contributed by atoms with Crippen molar-refractivity contribution in [2.45, 2.75) is 5.37 Å². The van der Waals surface area contributed by atoms with Crippen molar-refractivity contribution in [3.05, 3.63) is 68.7 Å². The number of rotatable bonds is 2. The Bertz CT molecular complexity index is 722. The molecule has 0 spiro atoms. The number of benzene rings is 2. The van der Waals surface area contributed by atoms with Crippen molar-refractivity contribution in [2.75, 3.05) is 12.3 Å². The van der Waals surface area contributed by atoms with Crippen molar-refractivity contribution in [3.8, 4) is 0 Å². The maximum absolute atomic E-state index is 12.7. The van der Waals surface area contributed by atoms with Gasteiger partial charge in [0, 0.05) is 38.5 Å². The molecule has 2 nitrogen and oxygen atoms in total. The number of carbonyl (C=O) groups is 1. The van der Waals surface area contributed by atoms with Crippen LogP contribution in [0.2, 0.25) is 15.1 Å². The molecule has 1 aliphatic rings. The standard InChI is InChI=1S/C16H12Cl3NOS/c17-11-3-1-2-10(8-11)15(21)20-6-7-22-16(20)13-5-4-12(18)9-14(13)19/h1-5,8-9,16H,6-7H2/t16-/m1/s1. The molecule has 0 saturated carbocycles. The van der Waals surface area contributed by atoms with Gasteiger partial charge in [-0.15, -0.1) is 11.8 Å². The Balaban J connectivity index is 1.91. The van der Waals surface area contributed by atoms with Crippen LogP contribution in [0.1, 0.15) is 21.3 Å². The lowest BCUT2D eigenvalue weighted by Crippen LogP contribution is -2.30. The average molecular weight is 373 g/mol. The number of hydrogen-bond donors (Lipinski definition) is 0. The molecule has 0 bridgehead atoms. The monoisotopic (exact) mass is 371 g/mol. The highest BCUT2D eigenvalue weighted by Crippen LogP contribution is 2.42. The van der Waals surface area contributed by atoms with Crippen molar-refractivity contribution < 1.29 is 4.79 Å². The fraction of sp³-hybridized carbons (Fsp3) is 0.188. The Morgan fingerprint density at radius 3 is 2.59 bits per heavy atom. The van der Waals surface area contributed by atoms with Crippen LogP contribution in [0, 0.1) is 0 Å². The summed E-state index contributed by atoms with van der Waals surface area (Å²) in [4.78, 5) is 14.6. The van der Waals surface area contributed by atoms with Gasteiger partial charge in [-0.25, -0.2) is 0 Å². The summed E-state index contributed by atoms with van der Waals surface area (Å²) in [6.45, 7) is 0.680. The summed E-state index contributed by atoms with van der Waals surface area (Å²) in [6, 6.07) is 12.4. The van der Waals surface area contributed by atoms with Gasteiger partial charge in [-0.2, -0.15) is 0 Å². The molecule has 1 amide bonds. The molecular formula is C16H12Cl3NOS. The second-order valence-electron chi connectivity index (χ2n) is 4.90. The third-order valence-electron chi connectivity index (χ3n) is 3.45. The fourth-order valence-electron chi connectivity index (χ4n) is 2.42. The van der Waals surface area contributed by atoms with Crippen molar-refractivity contribution in [1.29, 1.82) is 0 Å². The summed E-state index contributed by atoms with van der Waals surface area (Å²) < 4.78 is 0. The maximum atomic E-state index is 12.7. The van der Waals surface area contributed by atoms with E-state index in [1.165, 1.54) is 0 Å². The van der Waals surface area contributed by atoms with E-state index in [9.17, 15) is 4.79 Å². The number of hydrogen-bond acceptors (Lipinski definition) is 2. The predicted molar refractivity (Wildman–Crippen MR) is 94.1 cm³/mol. The van der Waals surface area contributed by atoms with E-state index < -0.39 is 0 Å². The Morgan fingerprint density at radius 2 is 1.86 bits per heavy atom. The minimum atomic E-state index is -0.101. The topological polar surface area (TPSA) is 20.3 Å². The van der Waals surface area contributed by atoms with Gasteiger partial charge in [-0.05, 0) is 30.3 Å². The van der Waals surface area contributed by atoms with Gasteiger partial charge in [0.2, 0.25) is 0 Å². The maximum Gasteiger partial charge on any atom is 0.255 e. The van der Waals surface area contributed by atoms with E-state index in [0.29, 0.717) is 27.2 Å². The second kappa shape index (κ2) is 6.71. The first-order valence-corrected chi connectivity index (χ1v) is 8.87. The van der Waals surface area contributed by atoms with Gasteiger partial charge in [-0.1, -0.05) is 46.9 Å². The highest BCUT2D eigenvalue weighted by Gasteiger charge is 2.32. The fourth-order valence-corrected chi connectivity index (χ4v) is 4.48. The molecule has 1 fully saturated rings. The highest BCUT2D eigenvalue weighted by molar-refractivity contribution is 7.99. The largest absolute Gasteiger partial charge is 0.322 e. The van der Waals surface area contributed by atoms with Gasteiger partial charge in [0.05, 0.1) is 0 Å². The molecule has 1 saturated heterocycles. The van der Waals surface area contributed by atoms with E-state index in [1.54, 1.807) is 48.2 Å². The van der Waals surface area contributed by atoms with Gasteiger partial charge in [0.25, 0.3) is 5.91 Å². The minimum absolute atomic E-state index is 0.0384. The number of nitrogens with zero attached hydrogens (tertiary/aromatic N) is 1. The van der Waals surface area contributed by atoms with Gasteiger partial charge in [0.1, 0.15) is 5.37 Å². The first-order valence-electron chi connectivity index (χ1n) is 6.69. The first-order chi connectivity index (χ1) is 10.6. The molecule has 0 unspecified atom stereocenters. The summed E-state index contributed by atoms with van der Waals surface area (Å²) in [5, 5.41) is 1.62. The van der Waals surface area contributed by atoms with E-state index in [0.717, 1.165) is 11.3 Å². The molecule has 6 heteroatoms. The first kappa shape index (κ1) is 16.0. The normalized spacial score (nSPS) is 17.8. The molecular weight excluding hydrogens is 361 g/mol. The third kappa shape index (κ3) is 3.23. The van der Waals surface area contributed by atoms with Crippen molar-refractivity contribution in [3.63, 3.8) is 0 Å². The van der Waals surface area contributed by atoms with E-state index in [-0.39, 0.29) is 11.3 Å². The molecule has 2 aromatic rings. The average Bonchev–Trinajstić information content (AvgIpc) is 2.95. The lowest BCUT2D eigenvalue weighted by molar-refractivity contribution is 0.0760. The van der Waals surface area contributed by atoms with Crippen LogP contribution in [0.25, 0.3) is 0 Å². The number of thioether (sulfide) groups is 1. The lowest BCUT2D eigenvalue weighted by Gasteiger charge is -2.25. The molecule has 0 N–H and O–H groups in total. The zero-order chi connectivity index (χ0) is 15.7. The van der Waals surface area contributed by atoms with E-state index in [2.05, 4.69) is 0 Å². The molecule has 22 heavy (non-hydrogen) atoms. The quantitative estimate of drug-likeness (QED) is 0.690. The van der Waals surface area contributed by atoms with Gasteiger partial charge in [-0.3, -0.25) is 4.79 Å². The Kier molecular flexibility index (Phi) is 4.88. The number of amides is 1. The summed E-state index contributed by atoms with van der Waals surface area (Å²) in [5.41, 5.74) is 1.49. The molecule has 0 aromatic heterocycles. The molecule has 0 radical (unpaired) electrons. The van der Waals surface area contributed by atoms with Gasteiger partial charge in [0.15, 0.2) is 0 Å². The zero-order valence-electron chi connectivity index (χ0n) is 11.4. The van der Waals surface area contributed by atoms with E-state index in [1.807, 2.05) is 11.0 Å².